The standard InChI is InChI=1S/C12H8BrNO5S/c13-8-4-9(20-6-8)5-19-11-3-7(12(15)16)1-2-10(11)14(17)18/h1-4,6H,5H2,(H,15,16). The van der Waals surface area contributed by atoms with E-state index in [2.05, 4.69) is 15.9 Å². The molecule has 0 aliphatic rings. The van der Waals surface area contributed by atoms with E-state index in [0.29, 0.717) is 0 Å². The van der Waals surface area contributed by atoms with Crippen molar-refractivity contribution < 1.29 is 19.6 Å². The smallest absolute Gasteiger partial charge is 0.335 e. The monoisotopic (exact) mass is 357 g/mol. The molecule has 0 amide bonds. The minimum absolute atomic E-state index is 0.0561. The van der Waals surface area contributed by atoms with Crippen LogP contribution in [0.1, 0.15) is 15.2 Å². The Kier molecular flexibility index (Phi) is 4.35. The Labute approximate surface area is 125 Å². The maximum Gasteiger partial charge on any atom is 0.335 e. The molecule has 0 aliphatic heterocycles. The SMILES string of the molecule is O=C(O)c1ccc([N+](=O)[O-])c(OCc2cc(Br)cs2)c1. The zero-order valence-corrected chi connectivity index (χ0v) is 12.3. The highest BCUT2D eigenvalue weighted by Crippen LogP contribution is 2.30. The van der Waals surface area contributed by atoms with Gasteiger partial charge in [0.1, 0.15) is 6.61 Å². The van der Waals surface area contributed by atoms with E-state index >= 15 is 0 Å². The van der Waals surface area contributed by atoms with Crippen LogP contribution < -0.4 is 4.74 Å². The number of rotatable bonds is 5. The van der Waals surface area contributed by atoms with E-state index < -0.39 is 10.9 Å². The van der Waals surface area contributed by atoms with E-state index in [4.69, 9.17) is 9.84 Å². The van der Waals surface area contributed by atoms with Crippen LogP contribution in [0.2, 0.25) is 0 Å². The first kappa shape index (κ1) is 14.5. The Morgan fingerprint density at radius 2 is 2.20 bits per heavy atom. The van der Waals surface area contributed by atoms with Crippen LogP contribution in [0, 0.1) is 10.1 Å². The molecule has 0 spiro atoms. The number of nitro benzene ring substituents is 1. The fraction of sp³-hybridized carbons (Fsp3) is 0.0833. The number of hydrogen-bond donors (Lipinski definition) is 1. The van der Waals surface area contributed by atoms with Gasteiger partial charge in [0.25, 0.3) is 0 Å². The van der Waals surface area contributed by atoms with Crippen LogP contribution in [0.4, 0.5) is 5.69 Å². The molecule has 1 aromatic heterocycles. The van der Waals surface area contributed by atoms with Crippen molar-refractivity contribution in [1.82, 2.24) is 0 Å². The summed E-state index contributed by atoms with van der Waals surface area (Å²) in [6, 6.07) is 5.29. The Hall–Kier alpha value is -1.93. The third kappa shape index (κ3) is 3.34. The van der Waals surface area contributed by atoms with Gasteiger partial charge in [0.05, 0.1) is 10.5 Å². The van der Waals surface area contributed by atoms with Crippen LogP contribution in [0.15, 0.2) is 34.1 Å². The van der Waals surface area contributed by atoms with Crippen LogP contribution in [0.5, 0.6) is 5.75 Å². The second kappa shape index (κ2) is 6.02. The highest BCUT2D eigenvalue weighted by atomic mass is 79.9. The van der Waals surface area contributed by atoms with E-state index in [1.807, 2.05) is 11.4 Å². The minimum atomic E-state index is -1.16. The van der Waals surface area contributed by atoms with Crippen LogP contribution in [-0.4, -0.2) is 16.0 Å². The van der Waals surface area contributed by atoms with Gasteiger partial charge in [-0.25, -0.2) is 4.79 Å². The molecule has 0 bridgehead atoms. The van der Waals surface area contributed by atoms with Crippen molar-refractivity contribution in [2.45, 2.75) is 6.61 Å². The summed E-state index contributed by atoms with van der Waals surface area (Å²) in [7, 11) is 0. The van der Waals surface area contributed by atoms with Crippen LogP contribution in [-0.2, 0) is 6.61 Å². The first-order valence-electron chi connectivity index (χ1n) is 5.35. The zero-order chi connectivity index (χ0) is 14.7. The summed E-state index contributed by atoms with van der Waals surface area (Å²) in [5, 5.41) is 21.7. The molecule has 2 rings (SSSR count). The van der Waals surface area contributed by atoms with E-state index in [1.54, 1.807) is 0 Å². The topological polar surface area (TPSA) is 89.7 Å². The maximum absolute atomic E-state index is 10.9. The number of aromatic carboxylic acids is 1. The molecular formula is C12H8BrNO5S. The Balaban J connectivity index is 2.25. The molecule has 20 heavy (non-hydrogen) atoms. The minimum Gasteiger partial charge on any atom is -0.481 e. The molecule has 0 saturated carbocycles. The summed E-state index contributed by atoms with van der Waals surface area (Å²) in [6.07, 6.45) is 0. The zero-order valence-electron chi connectivity index (χ0n) is 9.91. The number of halogens is 1. The van der Waals surface area contributed by atoms with E-state index in [1.165, 1.54) is 17.4 Å². The predicted molar refractivity (Wildman–Crippen MR) is 76.4 cm³/mol. The molecular weight excluding hydrogens is 350 g/mol. The van der Waals surface area contributed by atoms with Crippen LogP contribution in [0.25, 0.3) is 0 Å². The van der Waals surface area contributed by atoms with Crippen molar-refractivity contribution in [3.63, 3.8) is 0 Å². The largest absolute Gasteiger partial charge is 0.481 e. The molecule has 1 N–H and O–H groups in total. The van der Waals surface area contributed by atoms with Crippen molar-refractivity contribution in [3.8, 4) is 5.75 Å². The van der Waals surface area contributed by atoms with Crippen LogP contribution in [0.3, 0.4) is 0 Å². The number of hydrogen-bond acceptors (Lipinski definition) is 5. The number of ether oxygens (including phenoxy) is 1. The number of thiophene rings is 1. The normalized spacial score (nSPS) is 10.2. The third-order valence-electron chi connectivity index (χ3n) is 2.40. The van der Waals surface area contributed by atoms with Gasteiger partial charge in [0.2, 0.25) is 0 Å². The van der Waals surface area contributed by atoms with Gasteiger partial charge < -0.3 is 9.84 Å². The van der Waals surface area contributed by atoms with Gasteiger partial charge in [-0.3, -0.25) is 10.1 Å². The fourth-order valence-electron chi connectivity index (χ4n) is 1.49. The van der Waals surface area contributed by atoms with Gasteiger partial charge in [0, 0.05) is 26.9 Å². The average molecular weight is 358 g/mol. The molecule has 6 nitrogen and oxygen atoms in total. The second-order valence-electron chi connectivity index (χ2n) is 3.76. The second-order valence-corrected chi connectivity index (χ2v) is 5.68. The molecule has 0 saturated heterocycles. The van der Waals surface area contributed by atoms with Gasteiger partial charge >= 0.3 is 11.7 Å². The summed E-state index contributed by atoms with van der Waals surface area (Å²) in [6.45, 7) is 0.139. The molecule has 0 unspecified atom stereocenters. The third-order valence-corrected chi connectivity index (χ3v) is 4.07. The van der Waals surface area contributed by atoms with Gasteiger partial charge in [-0.1, -0.05) is 0 Å². The Bertz CT molecular complexity index is 670. The van der Waals surface area contributed by atoms with Gasteiger partial charge in [-0.2, -0.15) is 0 Å². The Morgan fingerprint density at radius 1 is 1.45 bits per heavy atom. The van der Waals surface area contributed by atoms with Crippen molar-refractivity contribution >= 4 is 38.9 Å². The average Bonchev–Trinajstić information content (AvgIpc) is 2.81. The molecule has 0 fully saturated rings. The molecule has 0 radical (unpaired) electrons. The van der Waals surface area contributed by atoms with Gasteiger partial charge in [0.15, 0.2) is 5.75 Å². The first-order valence-corrected chi connectivity index (χ1v) is 7.02. The number of benzene rings is 1. The molecule has 2 aromatic rings. The quantitative estimate of drug-likeness (QED) is 0.650. The number of nitrogens with zero attached hydrogens (tertiary/aromatic N) is 1. The van der Waals surface area contributed by atoms with Crippen molar-refractivity contribution in [3.05, 3.63) is 54.7 Å². The summed E-state index contributed by atoms with van der Waals surface area (Å²) >= 11 is 4.73. The summed E-state index contributed by atoms with van der Waals surface area (Å²) in [5.74, 6) is -1.22. The number of carbonyl (C=O) groups is 1. The molecule has 1 heterocycles. The number of carboxylic acids is 1. The number of nitro groups is 1. The lowest BCUT2D eigenvalue weighted by Crippen LogP contribution is -2.02. The van der Waals surface area contributed by atoms with Crippen molar-refractivity contribution in [1.29, 1.82) is 0 Å². The first-order chi connectivity index (χ1) is 9.47. The highest BCUT2D eigenvalue weighted by Gasteiger charge is 2.18. The molecule has 8 heteroatoms. The van der Waals surface area contributed by atoms with Gasteiger partial charge in [-0.05, 0) is 28.1 Å². The summed E-state index contributed by atoms with van der Waals surface area (Å²) in [5.41, 5.74) is -0.316. The summed E-state index contributed by atoms with van der Waals surface area (Å²) < 4.78 is 6.27. The molecule has 1 aromatic carbocycles. The fourth-order valence-corrected chi connectivity index (χ4v) is 2.85. The van der Waals surface area contributed by atoms with Crippen LogP contribution >= 0.6 is 27.3 Å². The molecule has 0 aliphatic carbocycles. The van der Waals surface area contributed by atoms with E-state index in [0.717, 1.165) is 21.5 Å². The summed E-state index contributed by atoms with van der Waals surface area (Å²) in [4.78, 5) is 22.0. The molecule has 0 atom stereocenters. The number of carboxylic acid groups (broad SMARTS) is 1. The van der Waals surface area contributed by atoms with Crippen molar-refractivity contribution in [2.24, 2.45) is 0 Å². The lowest BCUT2D eigenvalue weighted by Gasteiger charge is -2.06. The lowest BCUT2D eigenvalue weighted by molar-refractivity contribution is -0.385. The van der Waals surface area contributed by atoms with Gasteiger partial charge in [-0.15, -0.1) is 11.3 Å². The Morgan fingerprint density at radius 3 is 2.75 bits per heavy atom. The lowest BCUT2D eigenvalue weighted by atomic mass is 10.2. The van der Waals surface area contributed by atoms with E-state index in [9.17, 15) is 14.9 Å². The maximum atomic E-state index is 10.9. The van der Waals surface area contributed by atoms with Crippen molar-refractivity contribution in [2.75, 3.05) is 0 Å². The highest BCUT2D eigenvalue weighted by molar-refractivity contribution is 9.10. The predicted octanol–water partition coefficient (Wildman–Crippen LogP) is 3.70. The molecule has 104 valence electrons. The van der Waals surface area contributed by atoms with E-state index in [-0.39, 0.29) is 23.6 Å².